The first-order chi connectivity index (χ1) is 13.0. The van der Waals surface area contributed by atoms with Crippen molar-refractivity contribution in [3.8, 4) is 0 Å². The molecular weight excluding hydrogens is 469 g/mol. The topological polar surface area (TPSA) is 77.0 Å². The van der Waals surface area contributed by atoms with Crippen LogP contribution < -0.4 is 10.6 Å². The molecule has 1 unspecified atom stereocenters. The Morgan fingerprint density at radius 1 is 0.964 bits per heavy atom. The molecule has 8 heteroatoms. The first kappa shape index (κ1) is 23.2. The monoisotopic (exact) mass is 505 g/mol. The number of nitrogens with zero attached hydrogens (tertiary/aromatic N) is 3. The van der Waals surface area contributed by atoms with Crippen molar-refractivity contribution >= 4 is 41.8 Å². The van der Waals surface area contributed by atoms with Gasteiger partial charge < -0.3 is 20.4 Å². The summed E-state index contributed by atoms with van der Waals surface area (Å²) < 4.78 is 0. The Labute approximate surface area is 186 Å². The molecule has 28 heavy (non-hydrogen) atoms. The van der Waals surface area contributed by atoms with Crippen molar-refractivity contribution in [2.24, 2.45) is 10.9 Å². The highest BCUT2D eigenvalue weighted by molar-refractivity contribution is 14.0. The molecule has 1 saturated heterocycles. The number of nitrogens with one attached hydrogen (secondary N) is 2. The smallest absolute Gasteiger partial charge is 0.243 e. The second kappa shape index (κ2) is 11.2. The Hall–Kier alpha value is -1.06. The molecule has 0 aromatic heterocycles. The number of hydrogen-bond donors (Lipinski definition) is 2. The van der Waals surface area contributed by atoms with Gasteiger partial charge in [0.2, 0.25) is 11.8 Å². The summed E-state index contributed by atoms with van der Waals surface area (Å²) in [7, 11) is 3.50. The maximum Gasteiger partial charge on any atom is 0.243 e. The number of rotatable bonds is 5. The number of guanidine groups is 1. The number of amides is 2. The molecule has 0 aromatic carbocycles. The van der Waals surface area contributed by atoms with Gasteiger partial charge in [-0.25, -0.2) is 4.99 Å². The van der Waals surface area contributed by atoms with Gasteiger partial charge in [0.05, 0.1) is 0 Å². The molecule has 2 N–H and O–H groups in total. The second-order valence-corrected chi connectivity index (χ2v) is 8.47. The largest absolute Gasteiger partial charge is 0.354 e. The Morgan fingerprint density at radius 3 is 2.21 bits per heavy atom. The number of halogens is 1. The molecular formula is C20H36IN5O2. The van der Waals surface area contributed by atoms with Crippen molar-refractivity contribution in [1.29, 1.82) is 0 Å². The lowest BCUT2D eigenvalue weighted by Gasteiger charge is -2.23. The van der Waals surface area contributed by atoms with Gasteiger partial charge in [-0.15, -0.1) is 24.0 Å². The van der Waals surface area contributed by atoms with Gasteiger partial charge >= 0.3 is 0 Å². The summed E-state index contributed by atoms with van der Waals surface area (Å²) >= 11 is 0. The van der Waals surface area contributed by atoms with Crippen LogP contribution in [0.1, 0.15) is 57.8 Å². The van der Waals surface area contributed by atoms with Gasteiger partial charge in [-0.05, 0) is 32.1 Å². The first-order valence-corrected chi connectivity index (χ1v) is 10.6. The fourth-order valence-corrected chi connectivity index (χ4v) is 4.39. The van der Waals surface area contributed by atoms with E-state index in [-0.39, 0.29) is 48.4 Å². The number of likely N-dealkylation sites (tertiary alicyclic amines) is 1. The molecule has 7 nitrogen and oxygen atoms in total. The minimum Gasteiger partial charge on any atom is -0.354 e. The van der Waals surface area contributed by atoms with Gasteiger partial charge in [0.1, 0.15) is 6.54 Å². The van der Waals surface area contributed by atoms with Crippen LogP contribution in [0.4, 0.5) is 0 Å². The normalized spacial score (nSPS) is 23.6. The maximum absolute atomic E-state index is 12.6. The molecule has 1 atom stereocenters. The van der Waals surface area contributed by atoms with Crippen molar-refractivity contribution in [3.05, 3.63) is 0 Å². The van der Waals surface area contributed by atoms with E-state index >= 15 is 0 Å². The van der Waals surface area contributed by atoms with E-state index in [4.69, 9.17) is 0 Å². The summed E-state index contributed by atoms with van der Waals surface area (Å²) in [5.41, 5.74) is 0. The summed E-state index contributed by atoms with van der Waals surface area (Å²) in [5, 5.41) is 6.99. The van der Waals surface area contributed by atoms with Gasteiger partial charge in [0.15, 0.2) is 5.96 Å². The number of carbonyl (C=O) groups excluding carboxylic acids is 2. The fraction of sp³-hybridized carbons (Fsp3) is 0.850. The van der Waals surface area contributed by atoms with Crippen LogP contribution in [-0.2, 0) is 9.59 Å². The summed E-state index contributed by atoms with van der Waals surface area (Å²) in [6.07, 6.45) is 10.2. The molecule has 2 saturated carbocycles. The van der Waals surface area contributed by atoms with E-state index in [9.17, 15) is 9.59 Å². The van der Waals surface area contributed by atoms with Crippen LogP contribution in [0.3, 0.4) is 0 Å². The molecule has 0 bridgehead atoms. The first-order valence-electron chi connectivity index (χ1n) is 10.6. The summed E-state index contributed by atoms with van der Waals surface area (Å²) in [5.74, 6) is 1.29. The van der Waals surface area contributed by atoms with E-state index in [1.165, 1.54) is 25.7 Å². The highest BCUT2D eigenvalue weighted by Crippen LogP contribution is 2.27. The van der Waals surface area contributed by atoms with E-state index in [0.717, 1.165) is 51.2 Å². The van der Waals surface area contributed by atoms with Crippen LogP contribution in [0.2, 0.25) is 0 Å². The van der Waals surface area contributed by atoms with Gasteiger partial charge in [-0.2, -0.15) is 0 Å². The Morgan fingerprint density at radius 2 is 1.57 bits per heavy atom. The van der Waals surface area contributed by atoms with E-state index in [2.05, 4.69) is 15.6 Å². The number of likely N-dealkylation sites (N-methyl/N-ethyl adjacent to an activating group) is 1. The number of aliphatic imine (C=N–C) groups is 1. The quantitative estimate of drug-likeness (QED) is 0.341. The lowest BCUT2D eigenvalue weighted by molar-refractivity contribution is -0.134. The predicted octanol–water partition coefficient (Wildman–Crippen LogP) is 1.96. The van der Waals surface area contributed by atoms with Gasteiger partial charge in [0, 0.05) is 45.2 Å². The lowest BCUT2D eigenvalue weighted by Crippen LogP contribution is -2.48. The van der Waals surface area contributed by atoms with Crippen LogP contribution in [0.5, 0.6) is 0 Å². The summed E-state index contributed by atoms with van der Waals surface area (Å²) in [6.45, 7) is 1.70. The van der Waals surface area contributed by atoms with Gasteiger partial charge in [-0.3, -0.25) is 9.59 Å². The third kappa shape index (κ3) is 6.49. The standard InChI is InChI=1S/C20H35N5O2.HI/c1-24(2)18(26)13-21-20(22-16-9-5-6-10-16)23-17-11-12-25(14-17)19(27)15-7-3-4-8-15;/h15-17H,3-14H2,1-2H3,(H2,21,22,23);1H. The third-order valence-electron chi connectivity index (χ3n) is 6.11. The van der Waals surface area contributed by atoms with E-state index in [1.54, 1.807) is 19.0 Å². The van der Waals surface area contributed by atoms with Crippen LogP contribution >= 0.6 is 24.0 Å². The highest BCUT2D eigenvalue weighted by atomic mass is 127. The molecule has 3 rings (SSSR count). The molecule has 2 aliphatic carbocycles. The van der Waals surface area contributed by atoms with Crippen molar-refractivity contribution < 1.29 is 9.59 Å². The zero-order chi connectivity index (χ0) is 19.2. The lowest BCUT2D eigenvalue weighted by atomic mass is 10.1. The van der Waals surface area contributed by atoms with Gasteiger partial charge in [-0.1, -0.05) is 25.7 Å². The predicted molar refractivity (Wildman–Crippen MR) is 122 cm³/mol. The van der Waals surface area contributed by atoms with Crippen LogP contribution in [0.25, 0.3) is 0 Å². The molecule has 0 radical (unpaired) electrons. The van der Waals surface area contributed by atoms with Crippen LogP contribution in [0, 0.1) is 5.92 Å². The Balaban J connectivity index is 0.00000280. The minimum atomic E-state index is -0.00742. The van der Waals surface area contributed by atoms with Crippen molar-refractivity contribution in [2.75, 3.05) is 33.7 Å². The average molecular weight is 505 g/mol. The SMILES string of the molecule is CN(C)C(=O)CN=C(NC1CCCC1)NC1CCN(C(=O)C2CCCC2)C1.I. The number of hydrogen-bond acceptors (Lipinski definition) is 3. The Bertz CT molecular complexity index is 557. The van der Waals surface area contributed by atoms with Gasteiger partial charge in [0.25, 0.3) is 0 Å². The molecule has 3 aliphatic rings. The van der Waals surface area contributed by atoms with Crippen LogP contribution in [0.15, 0.2) is 4.99 Å². The third-order valence-corrected chi connectivity index (χ3v) is 6.11. The summed E-state index contributed by atoms with van der Waals surface area (Å²) in [6, 6.07) is 0.640. The molecule has 1 heterocycles. The molecule has 3 fully saturated rings. The number of carbonyl (C=O) groups is 2. The van der Waals surface area contributed by atoms with E-state index < -0.39 is 0 Å². The molecule has 2 amide bonds. The molecule has 0 spiro atoms. The van der Waals surface area contributed by atoms with Crippen LogP contribution in [-0.4, -0.2) is 73.4 Å². The van der Waals surface area contributed by atoms with Crippen molar-refractivity contribution in [1.82, 2.24) is 20.4 Å². The van der Waals surface area contributed by atoms with Crippen molar-refractivity contribution in [3.63, 3.8) is 0 Å². The Kier molecular flexibility index (Phi) is 9.30. The summed E-state index contributed by atoms with van der Waals surface area (Å²) in [4.78, 5) is 32.7. The maximum atomic E-state index is 12.6. The van der Waals surface area contributed by atoms with E-state index in [0.29, 0.717) is 11.9 Å². The van der Waals surface area contributed by atoms with Crippen molar-refractivity contribution in [2.45, 2.75) is 69.9 Å². The fourth-order valence-electron chi connectivity index (χ4n) is 4.39. The molecule has 1 aliphatic heterocycles. The zero-order valence-corrected chi connectivity index (χ0v) is 19.6. The van der Waals surface area contributed by atoms with E-state index in [1.807, 2.05) is 4.90 Å². The average Bonchev–Trinajstić information content (AvgIpc) is 3.40. The second-order valence-electron chi connectivity index (χ2n) is 8.47. The molecule has 160 valence electrons. The zero-order valence-electron chi connectivity index (χ0n) is 17.3. The molecule has 0 aromatic rings. The highest BCUT2D eigenvalue weighted by Gasteiger charge is 2.32. The minimum absolute atomic E-state index is 0.